The number of carbonyl (C=O) groups is 2. The molecule has 3 nitrogen and oxygen atoms in total. The Morgan fingerprint density at radius 1 is 1.06 bits per heavy atom. The highest BCUT2D eigenvalue weighted by Crippen LogP contribution is 2.57. The minimum Gasteiger partial charge on any atom is -0.282 e. The lowest BCUT2D eigenvalue weighted by atomic mass is 9.52. The second-order valence-electron chi connectivity index (χ2n) is 5.13. The molecular weight excluding hydrogens is 202 g/mol. The van der Waals surface area contributed by atoms with Crippen LogP contribution in [0.1, 0.15) is 26.2 Å². The average Bonchev–Trinajstić information content (AvgIpc) is 2.43. The highest BCUT2D eigenvalue weighted by molar-refractivity contribution is 6.07. The van der Waals surface area contributed by atoms with Crippen molar-refractivity contribution < 1.29 is 9.59 Å². The van der Waals surface area contributed by atoms with Gasteiger partial charge in [0.1, 0.15) is 0 Å². The molecule has 0 spiro atoms. The van der Waals surface area contributed by atoms with Crippen LogP contribution in [-0.4, -0.2) is 23.3 Å². The maximum Gasteiger partial charge on any atom is 0.233 e. The predicted octanol–water partition coefficient (Wildman–Crippen LogP) is 1.59. The SMILES string of the molecule is CCCCCN1C(=O)C2C3C=CC3C2C1=O. The van der Waals surface area contributed by atoms with Gasteiger partial charge in [0.25, 0.3) is 0 Å². The first-order valence-corrected chi connectivity index (χ1v) is 6.29. The van der Waals surface area contributed by atoms with E-state index < -0.39 is 0 Å². The fourth-order valence-electron chi connectivity index (χ4n) is 3.26. The van der Waals surface area contributed by atoms with Gasteiger partial charge in [0, 0.05) is 6.54 Å². The summed E-state index contributed by atoms with van der Waals surface area (Å²) in [6.07, 6.45) is 7.35. The number of amides is 2. The van der Waals surface area contributed by atoms with Gasteiger partial charge in [-0.15, -0.1) is 0 Å². The van der Waals surface area contributed by atoms with Crippen molar-refractivity contribution >= 4 is 11.8 Å². The maximum absolute atomic E-state index is 12.0. The van der Waals surface area contributed by atoms with E-state index in [9.17, 15) is 9.59 Å². The molecule has 0 aromatic rings. The Hall–Kier alpha value is -1.12. The number of likely N-dealkylation sites (tertiary alicyclic amines) is 1. The zero-order chi connectivity index (χ0) is 11.3. The van der Waals surface area contributed by atoms with Gasteiger partial charge >= 0.3 is 0 Å². The third kappa shape index (κ3) is 1.09. The van der Waals surface area contributed by atoms with E-state index in [2.05, 4.69) is 19.1 Å². The highest BCUT2D eigenvalue weighted by Gasteiger charge is 2.64. The minimum absolute atomic E-state index is 0.00382. The summed E-state index contributed by atoms with van der Waals surface area (Å²) in [5.74, 6) is 0.969. The molecule has 3 rings (SSSR count). The predicted molar refractivity (Wildman–Crippen MR) is 59.3 cm³/mol. The van der Waals surface area contributed by atoms with Gasteiger partial charge in [0.2, 0.25) is 11.8 Å². The summed E-state index contributed by atoms with van der Waals surface area (Å²) in [6, 6.07) is 0. The molecule has 0 N–H and O–H groups in total. The van der Waals surface area contributed by atoms with Crippen LogP contribution in [0, 0.1) is 23.7 Å². The molecule has 2 amide bonds. The third-order valence-corrected chi connectivity index (χ3v) is 4.30. The molecule has 0 aromatic carbocycles. The van der Waals surface area contributed by atoms with Gasteiger partial charge < -0.3 is 0 Å². The molecule has 2 fully saturated rings. The first-order valence-electron chi connectivity index (χ1n) is 6.29. The van der Waals surface area contributed by atoms with Gasteiger partial charge in [-0.2, -0.15) is 0 Å². The number of fused-ring (bicyclic) bond motifs is 4. The van der Waals surface area contributed by atoms with E-state index in [1.165, 1.54) is 4.90 Å². The fourth-order valence-corrected chi connectivity index (χ4v) is 3.26. The number of hydrogen-bond acceptors (Lipinski definition) is 2. The molecule has 4 atom stereocenters. The first kappa shape index (κ1) is 10.1. The molecule has 4 unspecified atom stereocenters. The largest absolute Gasteiger partial charge is 0.282 e. The van der Waals surface area contributed by atoms with Crippen molar-refractivity contribution in [2.24, 2.45) is 23.7 Å². The number of unbranched alkanes of at least 4 members (excludes halogenated alkanes) is 2. The van der Waals surface area contributed by atoms with Crippen LogP contribution in [0.3, 0.4) is 0 Å². The van der Waals surface area contributed by atoms with Crippen LogP contribution in [-0.2, 0) is 9.59 Å². The molecule has 3 aliphatic rings. The number of imide groups is 1. The van der Waals surface area contributed by atoms with Crippen molar-refractivity contribution in [3.8, 4) is 0 Å². The standard InChI is InChI=1S/C13H17NO2/c1-2-3-4-7-14-12(15)10-8-5-6-9(8)11(10)13(14)16/h5-6,8-11H,2-4,7H2,1H3. The molecule has 16 heavy (non-hydrogen) atoms. The van der Waals surface area contributed by atoms with Crippen molar-refractivity contribution in [1.29, 1.82) is 0 Å². The first-order chi connectivity index (χ1) is 7.75. The summed E-state index contributed by atoms with van der Waals surface area (Å²) in [7, 11) is 0. The number of carbonyl (C=O) groups excluding carboxylic acids is 2. The van der Waals surface area contributed by atoms with E-state index in [-0.39, 0.29) is 23.7 Å². The molecule has 86 valence electrons. The summed E-state index contributed by atoms with van der Waals surface area (Å²) in [5, 5.41) is 0. The number of allylic oxidation sites excluding steroid dienone is 2. The Bertz CT molecular complexity index is 344. The highest BCUT2D eigenvalue weighted by atomic mass is 16.2. The van der Waals surface area contributed by atoms with Crippen LogP contribution >= 0.6 is 0 Å². The van der Waals surface area contributed by atoms with E-state index in [1.807, 2.05) is 0 Å². The summed E-state index contributed by atoms with van der Waals surface area (Å²) in [4.78, 5) is 25.6. The van der Waals surface area contributed by atoms with Gasteiger partial charge in [0.05, 0.1) is 11.8 Å². The molecule has 0 aromatic heterocycles. The quantitative estimate of drug-likeness (QED) is 0.409. The van der Waals surface area contributed by atoms with Gasteiger partial charge in [-0.05, 0) is 18.3 Å². The lowest BCUT2D eigenvalue weighted by Crippen LogP contribution is -2.50. The van der Waals surface area contributed by atoms with Crippen LogP contribution in [0.2, 0.25) is 0 Å². The zero-order valence-corrected chi connectivity index (χ0v) is 9.56. The molecule has 0 radical (unpaired) electrons. The lowest BCUT2D eigenvalue weighted by molar-refractivity contribution is -0.139. The average molecular weight is 219 g/mol. The van der Waals surface area contributed by atoms with Gasteiger partial charge in [-0.25, -0.2) is 0 Å². The molecule has 3 heteroatoms. The van der Waals surface area contributed by atoms with Crippen molar-refractivity contribution in [3.05, 3.63) is 12.2 Å². The molecular formula is C13H17NO2. The zero-order valence-electron chi connectivity index (χ0n) is 9.56. The van der Waals surface area contributed by atoms with Crippen LogP contribution in [0.25, 0.3) is 0 Å². The summed E-state index contributed by atoms with van der Waals surface area (Å²) in [5.41, 5.74) is 0. The normalized spacial score (nSPS) is 39.2. The Kier molecular flexibility index (Phi) is 2.16. The van der Waals surface area contributed by atoms with Gasteiger partial charge in [-0.3, -0.25) is 14.5 Å². The summed E-state index contributed by atoms with van der Waals surface area (Å²) >= 11 is 0. The molecule has 1 heterocycles. The van der Waals surface area contributed by atoms with Crippen molar-refractivity contribution in [2.45, 2.75) is 26.2 Å². The van der Waals surface area contributed by atoms with E-state index in [1.54, 1.807) is 0 Å². The third-order valence-electron chi connectivity index (χ3n) is 4.30. The monoisotopic (exact) mass is 219 g/mol. The number of nitrogens with zero attached hydrogens (tertiary/aromatic N) is 1. The molecule has 1 saturated heterocycles. The lowest BCUT2D eigenvalue weighted by Gasteiger charge is -2.48. The number of hydrogen-bond donors (Lipinski definition) is 0. The molecule has 0 bridgehead atoms. The molecule has 2 aliphatic carbocycles. The van der Waals surface area contributed by atoms with Crippen molar-refractivity contribution in [2.75, 3.05) is 6.54 Å². The van der Waals surface area contributed by atoms with Crippen LogP contribution in [0.15, 0.2) is 12.2 Å². The Labute approximate surface area is 95.5 Å². The summed E-state index contributed by atoms with van der Waals surface area (Å²) in [6.45, 7) is 2.76. The van der Waals surface area contributed by atoms with Crippen LogP contribution in [0.4, 0.5) is 0 Å². The van der Waals surface area contributed by atoms with Crippen molar-refractivity contribution in [1.82, 2.24) is 4.90 Å². The van der Waals surface area contributed by atoms with E-state index >= 15 is 0 Å². The van der Waals surface area contributed by atoms with Crippen LogP contribution < -0.4 is 0 Å². The second-order valence-corrected chi connectivity index (χ2v) is 5.13. The van der Waals surface area contributed by atoms with E-state index in [0.29, 0.717) is 18.4 Å². The Morgan fingerprint density at radius 3 is 2.06 bits per heavy atom. The van der Waals surface area contributed by atoms with E-state index in [0.717, 1.165) is 19.3 Å². The molecule has 1 aliphatic heterocycles. The topological polar surface area (TPSA) is 37.4 Å². The van der Waals surface area contributed by atoms with Gasteiger partial charge in [-0.1, -0.05) is 31.9 Å². The fraction of sp³-hybridized carbons (Fsp3) is 0.692. The Morgan fingerprint density at radius 2 is 1.62 bits per heavy atom. The van der Waals surface area contributed by atoms with E-state index in [4.69, 9.17) is 0 Å². The van der Waals surface area contributed by atoms with Crippen LogP contribution in [0.5, 0.6) is 0 Å². The van der Waals surface area contributed by atoms with Crippen molar-refractivity contribution in [3.63, 3.8) is 0 Å². The number of rotatable bonds is 4. The second kappa shape index (κ2) is 3.44. The Balaban J connectivity index is 1.68. The summed E-state index contributed by atoms with van der Waals surface area (Å²) < 4.78 is 0. The minimum atomic E-state index is 0.00382. The molecule has 1 saturated carbocycles. The van der Waals surface area contributed by atoms with Gasteiger partial charge in [0.15, 0.2) is 0 Å². The maximum atomic E-state index is 12.0. The smallest absolute Gasteiger partial charge is 0.233 e.